The van der Waals surface area contributed by atoms with Crippen molar-refractivity contribution in [1.82, 2.24) is 0 Å². The number of hydrogen-bond acceptors (Lipinski definition) is 3. The zero-order valence-electron chi connectivity index (χ0n) is 12.0. The van der Waals surface area contributed by atoms with Gasteiger partial charge in [0.05, 0.1) is 16.3 Å². The quantitative estimate of drug-likeness (QED) is 0.805. The molecule has 118 valence electrons. The number of halogens is 2. The van der Waals surface area contributed by atoms with E-state index < -0.39 is 6.10 Å². The Labute approximate surface area is 146 Å². The molecule has 2 aromatic rings. The first kappa shape index (κ1) is 15.8. The Morgan fingerprint density at radius 3 is 2.87 bits per heavy atom. The monoisotopic (exact) mass is 394 g/mol. The van der Waals surface area contributed by atoms with Crippen LogP contribution in [0.2, 0.25) is 5.02 Å². The molecular weight excluding hydrogens is 384 g/mol. The number of ether oxygens (including phenoxy) is 1. The number of carbonyl (C=O) groups excluding carboxylic acids is 2. The maximum Gasteiger partial charge on any atom is 0.265 e. The summed E-state index contributed by atoms with van der Waals surface area (Å²) in [4.78, 5) is 24.0. The third kappa shape index (κ3) is 3.33. The van der Waals surface area contributed by atoms with Crippen molar-refractivity contribution < 1.29 is 14.3 Å². The largest absolute Gasteiger partial charge is 0.479 e. The molecular formula is C16H12BrClN2O3. The lowest BCUT2D eigenvalue weighted by atomic mass is 10.2. The summed E-state index contributed by atoms with van der Waals surface area (Å²) in [5.41, 5.74) is 1.40. The number of anilines is 2. The van der Waals surface area contributed by atoms with Gasteiger partial charge in [-0.25, -0.2) is 0 Å². The Balaban J connectivity index is 1.84. The normalized spacial score (nSPS) is 16.1. The van der Waals surface area contributed by atoms with Crippen LogP contribution in [-0.4, -0.2) is 17.9 Å². The van der Waals surface area contributed by atoms with E-state index in [4.69, 9.17) is 16.3 Å². The van der Waals surface area contributed by atoms with E-state index in [1.807, 2.05) is 0 Å². The predicted molar refractivity (Wildman–Crippen MR) is 92.3 cm³/mol. The van der Waals surface area contributed by atoms with Crippen LogP contribution in [0, 0.1) is 0 Å². The fourth-order valence-electron chi connectivity index (χ4n) is 2.16. The zero-order valence-corrected chi connectivity index (χ0v) is 14.4. The molecule has 23 heavy (non-hydrogen) atoms. The van der Waals surface area contributed by atoms with Gasteiger partial charge in [0.25, 0.3) is 11.8 Å². The number of amides is 2. The summed E-state index contributed by atoms with van der Waals surface area (Å²) in [5, 5.41) is 5.84. The van der Waals surface area contributed by atoms with Gasteiger partial charge in [-0.15, -0.1) is 0 Å². The molecule has 2 N–H and O–H groups in total. The third-order valence-corrected chi connectivity index (χ3v) is 4.16. The smallest absolute Gasteiger partial charge is 0.265 e. The fraction of sp³-hybridized carbons (Fsp3) is 0.125. The van der Waals surface area contributed by atoms with E-state index in [2.05, 4.69) is 26.6 Å². The maximum atomic E-state index is 12.3. The fourth-order valence-corrected chi connectivity index (χ4v) is 2.72. The molecule has 0 aliphatic carbocycles. The Hall–Kier alpha value is -2.05. The number of nitrogens with one attached hydrogen (secondary N) is 2. The molecule has 0 bridgehead atoms. The van der Waals surface area contributed by atoms with Crippen molar-refractivity contribution in [2.45, 2.75) is 13.0 Å². The van der Waals surface area contributed by atoms with Gasteiger partial charge < -0.3 is 15.4 Å². The lowest BCUT2D eigenvalue weighted by Gasteiger charge is -2.23. The number of rotatable bonds is 2. The molecule has 0 saturated heterocycles. The van der Waals surface area contributed by atoms with Crippen molar-refractivity contribution >= 4 is 50.7 Å². The third-order valence-electron chi connectivity index (χ3n) is 3.34. The molecule has 1 aliphatic heterocycles. The van der Waals surface area contributed by atoms with Crippen molar-refractivity contribution in [3.63, 3.8) is 0 Å². The minimum atomic E-state index is -0.539. The number of benzene rings is 2. The lowest BCUT2D eigenvalue weighted by molar-refractivity contribution is -0.122. The summed E-state index contributed by atoms with van der Waals surface area (Å²) in [7, 11) is 0. The van der Waals surface area contributed by atoms with E-state index >= 15 is 0 Å². The Morgan fingerprint density at radius 1 is 1.30 bits per heavy atom. The molecule has 3 rings (SSSR count). The molecule has 0 radical (unpaired) electrons. The second-order valence-electron chi connectivity index (χ2n) is 5.04. The summed E-state index contributed by atoms with van der Waals surface area (Å²) in [6.45, 7) is 1.67. The van der Waals surface area contributed by atoms with Crippen LogP contribution >= 0.6 is 27.5 Å². The summed E-state index contributed by atoms with van der Waals surface area (Å²) in [5.74, 6) is -0.000676. The highest BCUT2D eigenvalue weighted by Gasteiger charge is 2.23. The van der Waals surface area contributed by atoms with Crippen molar-refractivity contribution in [3.05, 3.63) is 51.5 Å². The summed E-state index contributed by atoms with van der Waals surface area (Å²) >= 11 is 9.36. The minimum absolute atomic E-state index is 0.226. The predicted octanol–water partition coefficient (Wildman–Crippen LogP) is 4.07. The first-order valence-corrected chi connectivity index (χ1v) is 7.99. The van der Waals surface area contributed by atoms with Crippen molar-refractivity contribution in [2.75, 3.05) is 10.6 Å². The molecule has 7 heteroatoms. The molecule has 0 saturated carbocycles. The van der Waals surface area contributed by atoms with Crippen LogP contribution in [0.3, 0.4) is 0 Å². The Bertz CT molecular complexity index is 810. The highest BCUT2D eigenvalue weighted by molar-refractivity contribution is 9.10. The number of carbonyl (C=O) groups is 2. The first-order chi connectivity index (χ1) is 10.9. The van der Waals surface area contributed by atoms with Crippen LogP contribution < -0.4 is 15.4 Å². The summed E-state index contributed by atoms with van der Waals surface area (Å²) in [6.07, 6.45) is -0.539. The average molecular weight is 396 g/mol. The SMILES string of the molecule is C[C@@H]1Oc2ccc(NC(=O)c3cc(Br)ccc3Cl)cc2NC1=O. The van der Waals surface area contributed by atoms with Gasteiger partial charge in [-0.3, -0.25) is 9.59 Å². The topological polar surface area (TPSA) is 67.4 Å². The van der Waals surface area contributed by atoms with Crippen LogP contribution in [0.25, 0.3) is 0 Å². The molecule has 1 aliphatic rings. The van der Waals surface area contributed by atoms with E-state index in [1.54, 1.807) is 43.3 Å². The highest BCUT2D eigenvalue weighted by atomic mass is 79.9. The van der Waals surface area contributed by atoms with Crippen LogP contribution in [0.4, 0.5) is 11.4 Å². The molecule has 1 heterocycles. The number of fused-ring (bicyclic) bond motifs is 1. The Kier molecular flexibility index (Phi) is 4.28. The summed E-state index contributed by atoms with van der Waals surface area (Å²) < 4.78 is 6.23. The second-order valence-corrected chi connectivity index (χ2v) is 6.36. The van der Waals surface area contributed by atoms with Gasteiger partial charge in [-0.1, -0.05) is 27.5 Å². The van der Waals surface area contributed by atoms with Gasteiger partial charge >= 0.3 is 0 Å². The number of hydrogen-bond donors (Lipinski definition) is 2. The van der Waals surface area contributed by atoms with Gasteiger partial charge in [0, 0.05) is 10.2 Å². The van der Waals surface area contributed by atoms with E-state index in [0.29, 0.717) is 27.7 Å². The van der Waals surface area contributed by atoms with E-state index in [1.165, 1.54) is 0 Å². The molecule has 5 nitrogen and oxygen atoms in total. The molecule has 0 unspecified atom stereocenters. The lowest BCUT2D eigenvalue weighted by Crippen LogP contribution is -2.34. The van der Waals surface area contributed by atoms with Crippen LogP contribution in [-0.2, 0) is 4.79 Å². The zero-order chi connectivity index (χ0) is 16.6. The molecule has 2 aromatic carbocycles. The van der Waals surface area contributed by atoms with Crippen LogP contribution in [0.1, 0.15) is 17.3 Å². The average Bonchev–Trinajstić information content (AvgIpc) is 2.51. The maximum absolute atomic E-state index is 12.3. The van der Waals surface area contributed by atoms with Gasteiger partial charge in [-0.2, -0.15) is 0 Å². The molecule has 0 fully saturated rings. The standard InChI is InChI=1S/C16H12BrClN2O3/c1-8-15(21)20-13-7-10(3-5-14(13)23-8)19-16(22)11-6-9(17)2-4-12(11)18/h2-8H,1H3,(H,19,22)(H,20,21)/t8-/m0/s1. The second kappa shape index (κ2) is 6.22. The molecule has 0 spiro atoms. The van der Waals surface area contributed by atoms with Crippen molar-refractivity contribution in [1.29, 1.82) is 0 Å². The van der Waals surface area contributed by atoms with Gasteiger partial charge in [0.2, 0.25) is 0 Å². The minimum Gasteiger partial charge on any atom is -0.479 e. The Morgan fingerprint density at radius 2 is 2.09 bits per heavy atom. The molecule has 0 aromatic heterocycles. The highest BCUT2D eigenvalue weighted by Crippen LogP contribution is 2.32. The van der Waals surface area contributed by atoms with E-state index in [-0.39, 0.29) is 11.8 Å². The van der Waals surface area contributed by atoms with Crippen molar-refractivity contribution in [3.8, 4) is 5.75 Å². The molecule has 1 atom stereocenters. The first-order valence-electron chi connectivity index (χ1n) is 6.82. The van der Waals surface area contributed by atoms with Gasteiger partial charge in [0.15, 0.2) is 6.10 Å². The van der Waals surface area contributed by atoms with Gasteiger partial charge in [-0.05, 0) is 43.3 Å². The van der Waals surface area contributed by atoms with E-state index in [0.717, 1.165) is 4.47 Å². The van der Waals surface area contributed by atoms with Crippen LogP contribution in [0.5, 0.6) is 5.75 Å². The summed E-state index contributed by atoms with van der Waals surface area (Å²) in [6, 6.07) is 10.1. The molecule has 2 amide bonds. The van der Waals surface area contributed by atoms with E-state index in [9.17, 15) is 9.59 Å². The van der Waals surface area contributed by atoms with Crippen LogP contribution in [0.15, 0.2) is 40.9 Å². The van der Waals surface area contributed by atoms with Gasteiger partial charge in [0.1, 0.15) is 5.75 Å². The van der Waals surface area contributed by atoms with Crippen molar-refractivity contribution in [2.24, 2.45) is 0 Å².